The molecule has 0 amide bonds. The zero-order chi connectivity index (χ0) is 19.4. The first kappa shape index (κ1) is 19.5. The smallest absolute Gasteiger partial charge is 0.256 e. The summed E-state index contributed by atoms with van der Waals surface area (Å²) in [7, 11) is 8.12. The molecule has 1 fully saturated rings. The maximum Gasteiger partial charge on any atom is 0.256 e. The molecule has 2 aromatic rings. The van der Waals surface area contributed by atoms with Crippen LogP contribution in [0, 0.1) is 0 Å². The summed E-state index contributed by atoms with van der Waals surface area (Å²) in [6, 6.07) is 6.09. The van der Waals surface area contributed by atoms with Crippen LogP contribution >= 0.6 is 11.8 Å². The van der Waals surface area contributed by atoms with Gasteiger partial charge in [0.2, 0.25) is 5.75 Å². The van der Waals surface area contributed by atoms with E-state index in [2.05, 4.69) is 4.98 Å². The van der Waals surface area contributed by atoms with Crippen molar-refractivity contribution in [3.63, 3.8) is 0 Å². The molecule has 2 atom stereocenters. The van der Waals surface area contributed by atoms with E-state index >= 15 is 0 Å². The van der Waals surface area contributed by atoms with Crippen LogP contribution in [0.1, 0.15) is 34.5 Å². The first-order valence-electron chi connectivity index (χ1n) is 8.68. The summed E-state index contributed by atoms with van der Waals surface area (Å²) in [5, 5.41) is 0.693. The van der Waals surface area contributed by atoms with E-state index in [1.165, 1.54) is 5.56 Å². The molecule has 0 saturated carbocycles. The van der Waals surface area contributed by atoms with Crippen molar-refractivity contribution < 1.29 is 23.7 Å². The maximum atomic E-state index is 5.49. The van der Waals surface area contributed by atoms with Crippen LogP contribution in [0.5, 0.6) is 28.9 Å². The van der Waals surface area contributed by atoms with Crippen molar-refractivity contribution in [2.75, 3.05) is 35.5 Å². The molecule has 146 valence electrons. The third-order valence-corrected chi connectivity index (χ3v) is 6.38. The van der Waals surface area contributed by atoms with E-state index in [1.807, 2.05) is 36.2 Å². The number of ether oxygens (including phenoxy) is 5. The second-order valence-corrected chi connectivity index (χ2v) is 7.54. The van der Waals surface area contributed by atoms with Gasteiger partial charge in [0.25, 0.3) is 5.88 Å². The highest BCUT2D eigenvalue weighted by Gasteiger charge is 2.30. The lowest BCUT2D eigenvalue weighted by Crippen LogP contribution is -1.98. The topological polar surface area (TPSA) is 59.0 Å². The SMILES string of the molecule is COc1cc([C@H]2CC[C@H](c3cc(OC)c(OC)c(OC)c3)S2)cnc1OC. The van der Waals surface area contributed by atoms with Crippen molar-refractivity contribution >= 4 is 11.8 Å². The average molecular weight is 391 g/mol. The van der Waals surface area contributed by atoms with Crippen LogP contribution < -0.4 is 23.7 Å². The van der Waals surface area contributed by atoms with Gasteiger partial charge in [-0.1, -0.05) is 0 Å². The van der Waals surface area contributed by atoms with Crippen molar-refractivity contribution in [3.8, 4) is 28.9 Å². The van der Waals surface area contributed by atoms with Crippen LogP contribution in [0.25, 0.3) is 0 Å². The molecular weight excluding hydrogens is 366 g/mol. The van der Waals surface area contributed by atoms with E-state index in [1.54, 1.807) is 35.5 Å². The summed E-state index contributed by atoms with van der Waals surface area (Å²) >= 11 is 1.91. The average Bonchev–Trinajstić information content (AvgIpc) is 3.22. The molecule has 1 aromatic carbocycles. The lowest BCUT2D eigenvalue weighted by Gasteiger charge is -2.17. The first-order chi connectivity index (χ1) is 13.1. The van der Waals surface area contributed by atoms with Crippen LogP contribution in [-0.2, 0) is 0 Å². The van der Waals surface area contributed by atoms with Gasteiger partial charge in [-0.3, -0.25) is 0 Å². The molecule has 0 aliphatic carbocycles. The molecule has 7 heteroatoms. The Labute approximate surface area is 164 Å². The number of rotatable bonds is 7. The monoisotopic (exact) mass is 391 g/mol. The van der Waals surface area contributed by atoms with E-state index in [0.29, 0.717) is 39.4 Å². The van der Waals surface area contributed by atoms with E-state index in [9.17, 15) is 0 Å². The molecule has 1 aromatic heterocycles. The zero-order valence-corrected chi connectivity index (χ0v) is 17.1. The Morgan fingerprint density at radius 2 is 1.30 bits per heavy atom. The second-order valence-electron chi connectivity index (χ2n) is 6.13. The molecule has 0 spiro atoms. The molecule has 0 unspecified atom stereocenters. The number of hydrogen-bond acceptors (Lipinski definition) is 7. The number of hydrogen-bond donors (Lipinski definition) is 0. The predicted octanol–water partition coefficient (Wildman–Crippen LogP) is 4.43. The van der Waals surface area contributed by atoms with Crippen LogP contribution in [0.2, 0.25) is 0 Å². The van der Waals surface area contributed by atoms with E-state index in [0.717, 1.165) is 18.4 Å². The standard InChI is InChI=1S/C20H25NO5S/c1-22-14-8-12(9-15(23-2)19(14)25-4)17-6-7-18(27-17)13-10-16(24-3)20(26-5)21-11-13/h8-11,17-18H,6-7H2,1-5H3/t17-,18-/m1/s1. The predicted molar refractivity (Wildman–Crippen MR) is 106 cm³/mol. The van der Waals surface area contributed by atoms with Gasteiger partial charge in [-0.2, -0.15) is 0 Å². The van der Waals surface area contributed by atoms with Crippen molar-refractivity contribution in [3.05, 3.63) is 35.5 Å². The van der Waals surface area contributed by atoms with Gasteiger partial charge in [0.1, 0.15) is 0 Å². The highest BCUT2D eigenvalue weighted by molar-refractivity contribution is 8.00. The van der Waals surface area contributed by atoms with Crippen LogP contribution in [0.3, 0.4) is 0 Å². The number of benzene rings is 1. The van der Waals surface area contributed by atoms with E-state index < -0.39 is 0 Å². The third kappa shape index (κ3) is 3.88. The lowest BCUT2D eigenvalue weighted by molar-refractivity contribution is 0.323. The Morgan fingerprint density at radius 3 is 1.81 bits per heavy atom. The Balaban J connectivity index is 1.84. The third-order valence-electron chi connectivity index (χ3n) is 4.70. The number of thioether (sulfide) groups is 1. The zero-order valence-electron chi connectivity index (χ0n) is 16.3. The molecule has 6 nitrogen and oxygen atoms in total. The minimum absolute atomic E-state index is 0.344. The number of aromatic nitrogens is 1. The van der Waals surface area contributed by atoms with Gasteiger partial charge in [-0.25, -0.2) is 4.98 Å². The molecule has 0 bridgehead atoms. The highest BCUT2D eigenvalue weighted by atomic mass is 32.2. The molecule has 1 saturated heterocycles. The molecule has 1 aliphatic heterocycles. The Kier molecular flexibility index (Phi) is 6.21. The molecule has 3 rings (SSSR count). The fraction of sp³-hybridized carbons (Fsp3) is 0.450. The summed E-state index contributed by atoms with van der Waals surface area (Å²) in [5.74, 6) is 3.15. The number of pyridine rings is 1. The highest BCUT2D eigenvalue weighted by Crippen LogP contribution is 2.54. The molecule has 0 N–H and O–H groups in total. The summed E-state index contributed by atoms with van der Waals surface area (Å²) in [5.41, 5.74) is 2.32. The quantitative estimate of drug-likeness (QED) is 0.692. The minimum Gasteiger partial charge on any atom is -0.493 e. The summed E-state index contributed by atoms with van der Waals surface area (Å²) in [6.45, 7) is 0. The fourth-order valence-corrected chi connectivity index (χ4v) is 4.86. The molecule has 27 heavy (non-hydrogen) atoms. The van der Waals surface area contributed by atoms with Crippen LogP contribution in [-0.4, -0.2) is 40.5 Å². The van der Waals surface area contributed by atoms with E-state index in [-0.39, 0.29) is 0 Å². The van der Waals surface area contributed by atoms with Crippen molar-refractivity contribution in [2.45, 2.75) is 23.3 Å². The van der Waals surface area contributed by atoms with Gasteiger partial charge in [-0.15, -0.1) is 11.8 Å². The van der Waals surface area contributed by atoms with Gasteiger partial charge >= 0.3 is 0 Å². The molecule has 1 aliphatic rings. The maximum absolute atomic E-state index is 5.49. The second kappa shape index (κ2) is 8.61. The summed E-state index contributed by atoms with van der Waals surface area (Å²) < 4.78 is 27.0. The van der Waals surface area contributed by atoms with Gasteiger partial charge < -0.3 is 23.7 Å². The summed E-state index contributed by atoms with van der Waals surface area (Å²) in [6.07, 6.45) is 3.99. The van der Waals surface area contributed by atoms with Gasteiger partial charge in [0.05, 0.1) is 35.5 Å². The minimum atomic E-state index is 0.344. The van der Waals surface area contributed by atoms with Crippen molar-refractivity contribution in [1.29, 1.82) is 0 Å². The molecular formula is C20H25NO5S. The Hall–Kier alpha value is -2.28. The largest absolute Gasteiger partial charge is 0.493 e. The molecule has 2 heterocycles. The lowest BCUT2D eigenvalue weighted by atomic mass is 10.0. The van der Waals surface area contributed by atoms with Crippen molar-refractivity contribution in [1.82, 2.24) is 4.98 Å². The van der Waals surface area contributed by atoms with Gasteiger partial charge in [-0.05, 0) is 42.2 Å². The number of nitrogens with zero attached hydrogens (tertiary/aromatic N) is 1. The Bertz CT molecular complexity index is 773. The summed E-state index contributed by atoms with van der Waals surface area (Å²) in [4.78, 5) is 4.37. The fourth-order valence-electron chi connectivity index (χ4n) is 3.34. The number of methoxy groups -OCH3 is 5. The van der Waals surface area contributed by atoms with E-state index in [4.69, 9.17) is 23.7 Å². The first-order valence-corrected chi connectivity index (χ1v) is 9.62. The Morgan fingerprint density at radius 1 is 0.741 bits per heavy atom. The van der Waals surface area contributed by atoms with Crippen molar-refractivity contribution in [2.24, 2.45) is 0 Å². The van der Waals surface area contributed by atoms with Gasteiger partial charge in [0.15, 0.2) is 17.2 Å². The molecule has 0 radical (unpaired) electrons. The van der Waals surface area contributed by atoms with Gasteiger partial charge in [0, 0.05) is 16.7 Å². The van der Waals surface area contributed by atoms with Crippen LogP contribution in [0.4, 0.5) is 0 Å². The normalized spacial score (nSPS) is 18.9. The van der Waals surface area contributed by atoms with Crippen LogP contribution in [0.15, 0.2) is 24.4 Å².